The summed E-state index contributed by atoms with van der Waals surface area (Å²) >= 11 is 0. The highest BCUT2D eigenvalue weighted by atomic mass is 16.6. The lowest BCUT2D eigenvalue weighted by Gasteiger charge is -2.18. The smallest absolute Gasteiger partial charge is 0.306 e. The number of unbranched alkanes of at least 4 members (excludes halogenated alkanes) is 55. The van der Waals surface area contributed by atoms with Gasteiger partial charge in [-0.15, -0.1) is 0 Å². The Kier molecular flexibility index (Phi) is 69.5. The predicted octanol–water partition coefficient (Wildman–Crippen LogP) is 25.7. The molecule has 0 saturated carbocycles. The molecule has 0 aliphatic heterocycles. The van der Waals surface area contributed by atoms with Gasteiger partial charge in [0, 0.05) is 19.3 Å². The Balaban J connectivity index is 3.96. The molecule has 0 heterocycles. The molecule has 0 amide bonds. The van der Waals surface area contributed by atoms with Crippen molar-refractivity contribution in [2.45, 2.75) is 431 Å². The average molecular weight is 1150 g/mol. The molecule has 0 spiro atoms. The van der Waals surface area contributed by atoms with Crippen molar-refractivity contribution in [3.63, 3.8) is 0 Å². The monoisotopic (exact) mass is 1150 g/mol. The molecule has 0 saturated heterocycles. The lowest BCUT2D eigenvalue weighted by molar-refractivity contribution is -0.167. The van der Waals surface area contributed by atoms with Crippen LogP contribution in [0.2, 0.25) is 0 Å². The third kappa shape index (κ3) is 68.7. The summed E-state index contributed by atoms with van der Waals surface area (Å²) in [5.74, 6) is -0.834. The molecule has 0 fully saturated rings. The summed E-state index contributed by atoms with van der Waals surface area (Å²) in [6.45, 7) is 6.68. The molecule has 6 heteroatoms. The summed E-state index contributed by atoms with van der Waals surface area (Å²) in [7, 11) is 0. The minimum absolute atomic E-state index is 0.0630. The van der Waals surface area contributed by atoms with E-state index in [1.165, 1.54) is 321 Å². The number of carbonyl (C=O) groups is 3. The summed E-state index contributed by atoms with van der Waals surface area (Å²) < 4.78 is 16.9. The fourth-order valence-corrected chi connectivity index (χ4v) is 11.6. The molecule has 0 rings (SSSR count). The number of carbonyl (C=O) groups excluding carboxylic acids is 3. The van der Waals surface area contributed by atoms with Crippen LogP contribution < -0.4 is 0 Å². The van der Waals surface area contributed by atoms with Crippen LogP contribution in [0.15, 0.2) is 24.3 Å². The summed E-state index contributed by atoms with van der Waals surface area (Å²) in [5.41, 5.74) is 0. The second kappa shape index (κ2) is 71.4. The van der Waals surface area contributed by atoms with Crippen molar-refractivity contribution in [2.24, 2.45) is 0 Å². The minimum Gasteiger partial charge on any atom is -0.462 e. The molecule has 1 atom stereocenters. The first-order valence-electron chi connectivity index (χ1n) is 37.3. The van der Waals surface area contributed by atoms with Gasteiger partial charge in [0.1, 0.15) is 13.2 Å². The van der Waals surface area contributed by atoms with E-state index >= 15 is 0 Å². The van der Waals surface area contributed by atoms with Crippen LogP contribution >= 0.6 is 0 Å². The molecule has 82 heavy (non-hydrogen) atoms. The molecule has 1 unspecified atom stereocenters. The Morgan fingerprint density at radius 3 is 0.671 bits per heavy atom. The van der Waals surface area contributed by atoms with Crippen molar-refractivity contribution >= 4 is 17.9 Å². The maximum atomic E-state index is 12.9. The Hall–Kier alpha value is -2.11. The van der Waals surface area contributed by atoms with E-state index in [4.69, 9.17) is 14.2 Å². The summed E-state index contributed by atoms with van der Waals surface area (Å²) in [6, 6.07) is 0. The van der Waals surface area contributed by atoms with Crippen LogP contribution in [0, 0.1) is 0 Å². The molecule has 0 N–H and O–H groups in total. The molecule has 0 aromatic rings. The van der Waals surface area contributed by atoms with Crippen LogP contribution in [0.1, 0.15) is 425 Å². The molecule has 0 aromatic carbocycles. The summed E-state index contributed by atoms with van der Waals surface area (Å²) in [4.78, 5) is 38.3. The number of hydrogen-bond acceptors (Lipinski definition) is 6. The van der Waals surface area contributed by atoms with Crippen molar-refractivity contribution in [1.29, 1.82) is 0 Å². The minimum atomic E-state index is -0.764. The van der Waals surface area contributed by atoms with Crippen LogP contribution in [0.3, 0.4) is 0 Å². The van der Waals surface area contributed by atoms with Gasteiger partial charge in [-0.1, -0.05) is 379 Å². The van der Waals surface area contributed by atoms with E-state index in [1.54, 1.807) is 0 Å². The first-order chi connectivity index (χ1) is 40.5. The fourth-order valence-electron chi connectivity index (χ4n) is 11.6. The van der Waals surface area contributed by atoms with Crippen molar-refractivity contribution in [1.82, 2.24) is 0 Å². The van der Waals surface area contributed by atoms with Gasteiger partial charge >= 0.3 is 17.9 Å². The lowest BCUT2D eigenvalue weighted by atomic mass is 10.0. The largest absolute Gasteiger partial charge is 0.462 e. The highest BCUT2D eigenvalue weighted by molar-refractivity contribution is 5.71. The Labute approximate surface area is 513 Å². The van der Waals surface area contributed by atoms with Crippen LogP contribution in [0.5, 0.6) is 0 Å². The van der Waals surface area contributed by atoms with Gasteiger partial charge in [0.2, 0.25) is 0 Å². The third-order valence-corrected chi connectivity index (χ3v) is 17.2. The molecule has 0 aliphatic rings. The highest BCUT2D eigenvalue weighted by Gasteiger charge is 2.20. The van der Waals surface area contributed by atoms with Crippen molar-refractivity contribution < 1.29 is 28.6 Å². The van der Waals surface area contributed by atoms with Crippen molar-refractivity contribution in [3.8, 4) is 0 Å². The summed E-state index contributed by atoms with van der Waals surface area (Å²) in [5, 5.41) is 0. The zero-order chi connectivity index (χ0) is 59.2. The van der Waals surface area contributed by atoms with Gasteiger partial charge in [-0.2, -0.15) is 0 Å². The molecule has 0 aromatic heterocycles. The zero-order valence-electron chi connectivity index (χ0n) is 55.8. The lowest BCUT2D eigenvalue weighted by Crippen LogP contribution is -2.30. The Morgan fingerprint density at radius 2 is 0.439 bits per heavy atom. The molecule has 484 valence electrons. The second-order valence-corrected chi connectivity index (χ2v) is 25.6. The van der Waals surface area contributed by atoms with Crippen molar-refractivity contribution in [2.75, 3.05) is 13.2 Å². The third-order valence-electron chi connectivity index (χ3n) is 17.2. The van der Waals surface area contributed by atoms with E-state index in [0.717, 1.165) is 64.2 Å². The van der Waals surface area contributed by atoms with Gasteiger partial charge in [0.05, 0.1) is 0 Å². The Morgan fingerprint density at radius 1 is 0.244 bits per heavy atom. The first-order valence-corrected chi connectivity index (χ1v) is 37.3. The molecule has 0 bridgehead atoms. The van der Waals surface area contributed by atoms with Gasteiger partial charge in [-0.3, -0.25) is 14.4 Å². The normalized spacial score (nSPS) is 12.1. The number of allylic oxidation sites excluding steroid dienone is 4. The van der Waals surface area contributed by atoms with E-state index in [-0.39, 0.29) is 31.1 Å². The zero-order valence-corrected chi connectivity index (χ0v) is 55.8. The van der Waals surface area contributed by atoms with E-state index in [0.29, 0.717) is 19.3 Å². The second-order valence-electron chi connectivity index (χ2n) is 25.6. The van der Waals surface area contributed by atoms with E-state index < -0.39 is 6.10 Å². The van der Waals surface area contributed by atoms with E-state index in [1.807, 2.05) is 0 Å². The highest BCUT2D eigenvalue weighted by Crippen LogP contribution is 2.19. The Bertz CT molecular complexity index is 1320. The number of esters is 3. The average Bonchev–Trinajstić information content (AvgIpc) is 3.47. The quantitative estimate of drug-likeness (QED) is 0.0261. The number of hydrogen-bond donors (Lipinski definition) is 0. The van der Waals surface area contributed by atoms with E-state index in [2.05, 4.69) is 45.1 Å². The van der Waals surface area contributed by atoms with Gasteiger partial charge in [-0.05, 0) is 51.4 Å². The fraction of sp³-hybridized carbons (Fsp3) is 0.908. The van der Waals surface area contributed by atoms with Gasteiger partial charge in [0.25, 0.3) is 0 Å². The molecular weight excluding hydrogens is 1010 g/mol. The van der Waals surface area contributed by atoms with Crippen molar-refractivity contribution in [3.05, 3.63) is 24.3 Å². The number of rotatable bonds is 70. The van der Waals surface area contributed by atoms with Crippen LogP contribution in [0.4, 0.5) is 0 Å². The van der Waals surface area contributed by atoms with Gasteiger partial charge in [-0.25, -0.2) is 0 Å². The first kappa shape index (κ1) is 79.9. The van der Waals surface area contributed by atoms with Crippen LogP contribution in [-0.2, 0) is 28.6 Å². The molecule has 0 radical (unpaired) electrons. The topological polar surface area (TPSA) is 78.9 Å². The predicted molar refractivity (Wildman–Crippen MR) is 358 cm³/mol. The molecular formula is C76H144O6. The summed E-state index contributed by atoms with van der Waals surface area (Å²) in [6.07, 6.45) is 88.3. The molecule has 6 nitrogen and oxygen atoms in total. The van der Waals surface area contributed by atoms with E-state index in [9.17, 15) is 14.4 Å². The van der Waals surface area contributed by atoms with Gasteiger partial charge < -0.3 is 14.2 Å². The maximum Gasteiger partial charge on any atom is 0.306 e. The SMILES string of the molecule is CCCCCCC/C=C\C/C=C\CCCCCCCCCCCCCCCCCCCCCCCCCC(=O)OCC(COC(=O)CCCCCCCCCC)OC(=O)CCCCCCCCCCCCCCCCCCCCCCC. The van der Waals surface area contributed by atoms with Crippen LogP contribution in [0.25, 0.3) is 0 Å². The molecule has 0 aliphatic carbocycles. The van der Waals surface area contributed by atoms with Gasteiger partial charge in [0.15, 0.2) is 6.10 Å². The number of ether oxygens (including phenoxy) is 3. The maximum absolute atomic E-state index is 12.9. The van der Waals surface area contributed by atoms with Crippen LogP contribution in [-0.4, -0.2) is 37.2 Å². The standard InChI is InChI=1S/C76H144O6/c1-4-7-10-13-16-19-21-23-25-27-29-31-32-33-34-35-36-37-38-39-40-41-42-43-44-46-47-49-51-53-55-57-60-63-66-69-75(78)81-72-73(71-80-74(77)68-65-62-59-18-15-12-9-6-3)82-76(79)70-67-64-61-58-56-54-52-50-48-45-30-28-26-24-22-20-17-14-11-8-5-2/h21,23,27,29,73H,4-20,22,24-26,28,30-72H2,1-3H3/b23-21-,29-27-.